The molecule has 1 aromatic rings. The van der Waals surface area contributed by atoms with Crippen molar-refractivity contribution in [3.63, 3.8) is 0 Å². The molecule has 2 rings (SSSR count). The molecule has 1 aliphatic carbocycles. The van der Waals surface area contributed by atoms with Gasteiger partial charge in [0.2, 0.25) is 0 Å². The lowest BCUT2D eigenvalue weighted by Gasteiger charge is -2.21. The van der Waals surface area contributed by atoms with E-state index in [4.69, 9.17) is 5.26 Å². The summed E-state index contributed by atoms with van der Waals surface area (Å²) >= 11 is 1.88. The largest absolute Gasteiger partial charge is 0.387 e. The van der Waals surface area contributed by atoms with Gasteiger partial charge in [-0.15, -0.1) is 11.8 Å². The van der Waals surface area contributed by atoms with Crippen LogP contribution in [0.1, 0.15) is 50.2 Å². The van der Waals surface area contributed by atoms with Crippen molar-refractivity contribution in [2.75, 3.05) is 5.75 Å². The van der Waals surface area contributed by atoms with Gasteiger partial charge < -0.3 is 5.11 Å². The Balaban J connectivity index is 1.89. The van der Waals surface area contributed by atoms with E-state index in [0.29, 0.717) is 0 Å². The van der Waals surface area contributed by atoms with Gasteiger partial charge in [0.15, 0.2) is 0 Å². The lowest BCUT2D eigenvalue weighted by molar-refractivity contribution is 0.183. The van der Waals surface area contributed by atoms with Crippen molar-refractivity contribution in [1.29, 1.82) is 5.26 Å². The Morgan fingerprint density at radius 2 is 2.11 bits per heavy atom. The molecule has 0 saturated heterocycles. The number of thioether (sulfide) groups is 1. The molecule has 1 fully saturated rings. The normalized spacial score (nSPS) is 17.9. The lowest BCUT2D eigenvalue weighted by atomic mass is 9.91. The van der Waals surface area contributed by atoms with Crippen LogP contribution in [0.2, 0.25) is 0 Å². The lowest BCUT2D eigenvalue weighted by Crippen LogP contribution is -2.08. The zero-order valence-electron chi connectivity index (χ0n) is 11.2. The number of rotatable bonds is 5. The third-order valence-electron chi connectivity index (χ3n) is 3.74. The van der Waals surface area contributed by atoms with Crippen molar-refractivity contribution in [1.82, 2.24) is 0 Å². The second-order valence-electron chi connectivity index (χ2n) is 5.27. The third-order valence-corrected chi connectivity index (χ3v) is 4.96. The van der Waals surface area contributed by atoms with Gasteiger partial charge in [0, 0.05) is 10.6 Å². The van der Waals surface area contributed by atoms with E-state index >= 15 is 0 Å². The Hall–Kier alpha value is -0.980. The average Bonchev–Trinajstić information content (AvgIpc) is 2.47. The molecule has 0 radical (unpaired) electrons. The van der Waals surface area contributed by atoms with E-state index in [0.717, 1.165) is 11.5 Å². The van der Waals surface area contributed by atoms with Crippen LogP contribution in [0.3, 0.4) is 0 Å². The summed E-state index contributed by atoms with van der Waals surface area (Å²) in [5.41, 5.74) is 0.857. The summed E-state index contributed by atoms with van der Waals surface area (Å²) in [6.07, 6.45) is 6.40. The monoisotopic (exact) mass is 275 g/mol. The predicted octanol–water partition coefficient (Wildman–Crippen LogP) is 4.31. The van der Waals surface area contributed by atoms with E-state index in [1.807, 2.05) is 36.0 Å². The van der Waals surface area contributed by atoms with Gasteiger partial charge >= 0.3 is 0 Å². The Bertz CT molecular complexity index is 435. The molecule has 0 spiro atoms. The van der Waals surface area contributed by atoms with Gasteiger partial charge in [-0.2, -0.15) is 5.26 Å². The fraction of sp³-hybridized carbons (Fsp3) is 0.562. The molecule has 1 saturated carbocycles. The standard InChI is InChI=1S/C16H21NOS/c17-10-9-16(18)14-7-4-8-15(11-14)19-12-13-5-2-1-3-6-13/h4,7-8,11,13,16,18H,1-3,5-6,9,12H2. The van der Waals surface area contributed by atoms with E-state index in [1.54, 1.807) is 0 Å². The predicted molar refractivity (Wildman–Crippen MR) is 78.9 cm³/mol. The van der Waals surface area contributed by atoms with Crippen molar-refractivity contribution in [2.45, 2.75) is 49.5 Å². The molecular formula is C16H21NOS. The number of benzene rings is 1. The molecule has 19 heavy (non-hydrogen) atoms. The van der Waals surface area contributed by atoms with Crippen LogP contribution in [-0.2, 0) is 0 Å². The first-order valence-corrected chi connectivity index (χ1v) is 8.06. The van der Waals surface area contributed by atoms with Gasteiger partial charge in [0.05, 0.1) is 18.6 Å². The number of hydrogen-bond acceptors (Lipinski definition) is 3. The zero-order chi connectivity index (χ0) is 13.5. The minimum atomic E-state index is -0.653. The molecule has 0 bridgehead atoms. The number of aliphatic hydroxyl groups is 1. The van der Waals surface area contributed by atoms with Crippen molar-refractivity contribution < 1.29 is 5.11 Å². The highest BCUT2D eigenvalue weighted by atomic mass is 32.2. The maximum atomic E-state index is 9.83. The Morgan fingerprint density at radius 3 is 2.84 bits per heavy atom. The summed E-state index contributed by atoms with van der Waals surface area (Å²) in [5.74, 6) is 2.03. The van der Waals surface area contributed by atoms with Crippen LogP contribution >= 0.6 is 11.8 Å². The Labute approximate surface area is 119 Å². The van der Waals surface area contributed by atoms with Gasteiger partial charge in [0.1, 0.15) is 0 Å². The van der Waals surface area contributed by atoms with Crippen molar-refractivity contribution in [3.8, 4) is 6.07 Å². The molecule has 0 amide bonds. The second-order valence-corrected chi connectivity index (χ2v) is 6.36. The summed E-state index contributed by atoms with van der Waals surface area (Å²) in [6, 6.07) is 10.00. The molecular weight excluding hydrogens is 254 g/mol. The number of nitrogens with zero attached hydrogens (tertiary/aromatic N) is 1. The molecule has 1 unspecified atom stereocenters. The molecule has 102 valence electrons. The van der Waals surface area contributed by atoms with Crippen molar-refractivity contribution in [3.05, 3.63) is 29.8 Å². The first-order valence-electron chi connectivity index (χ1n) is 7.07. The van der Waals surface area contributed by atoms with Gasteiger partial charge in [0.25, 0.3) is 0 Å². The summed E-state index contributed by atoms with van der Waals surface area (Å²) in [6.45, 7) is 0. The minimum Gasteiger partial charge on any atom is -0.387 e. The number of nitriles is 1. The first kappa shape index (κ1) is 14.4. The first-order chi connectivity index (χ1) is 9.29. The van der Waals surface area contributed by atoms with E-state index in [-0.39, 0.29) is 6.42 Å². The number of hydrogen-bond donors (Lipinski definition) is 1. The topological polar surface area (TPSA) is 44.0 Å². The summed E-state index contributed by atoms with van der Waals surface area (Å²) in [7, 11) is 0. The summed E-state index contributed by atoms with van der Waals surface area (Å²) in [5, 5.41) is 18.5. The highest BCUT2D eigenvalue weighted by molar-refractivity contribution is 7.99. The van der Waals surface area contributed by atoms with E-state index in [2.05, 4.69) is 6.07 Å². The van der Waals surface area contributed by atoms with Gasteiger partial charge in [-0.05, 0) is 36.5 Å². The fourth-order valence-corrected chi connectivity index (χ4v) is 3.74. The van der Waals surface area contributed by atoms with Crippen LogP contribution in [0.4, 0.5) is 0 Å². The van der Waals surface area contributed by atoms with Gasteiger partial charge in [-0.1, -0.05) is 31.4 Å². The Morgan fingerprint density at radius 1 is 1.32 bits per heavy atom. The molecule has 0 heterocycles. The van der Waals surface area contributed by atoms with Gasteiger partial charge in [-0.3, -0.25) is 0 Å². The molecule has 3 heteroatoms. The van der Waals surface area contributed by atoms with Crippen LogP contribution in [0.15, 0.2) is 29.2 Å². The third kappa shape index (κ3) is 4.56. The summed E-state index contributed by atoms with van der Waals surface area (Å²) in [4.78, 5) is 1.21. The van der Waals surface area contributed by atoms with Crippen molar-refractivity contribution in [2.24, 2.45) is 5.92 Å². The molecule has 1 aromatic carbocycles. The van der Waals surface area contributed by atoms with Crippen LogP contribution < -0.4 is 0 Å². The smallest absolute Gasteiger partial charge is 0.0920 e. The average molecular weight is 275 g/mol. The molecule has 2 nitrogen and oxygen atoms in total. The van der Waals surface area contributed by atoms with Crippen molar-refractivity contribution >= 4 is 11.8 Å². The van der Waals surface area contributed by atoms with Gasteiger partial charge in [-0.25, -0.2) is 0 Å². The van der Waals surface area contributed by atoms with E-state index in [1.165, 1.54) is 42.8 Å². The highest BCUT2D eigenvalue weighted by Crippen LogP contribution is 2.31. The zero-order valence-corrected chi connectivity index (χ0v) is 12.0. The highest BCUT2D eigenvalue weighted by Gasteiger charge is 2.14. The van der Waals surface area contributed by atoms with Crippen LogP contribution in [0.5, 0.6) is 0 Å². The minimum absolute atomic E-state index is 0.163. The summed E-state index contributed by atoms with van der Waals surface area (Å²) < 4.78 is 0. The van der Waals surface area contributed by atoms with Crippen LogP contribution in [0.25, 0.3) is 0 Å². The van der Waals surface area contributed by atoms with E-state index < -0.39 is 6.10 Å². The van der Waals surface area contributed by atoms with Crippen LogP contribution in [0, 0.1) is 17.2 Å². The van der Waals surface area contributed by atoms with E-state index in [9.17, 15) is 5.11 Å². The Kier molecular flexibility index (Phi) is 5.75. The molecule has 1 N–H and O–H groups in total. The molecule has 0 aromatic heterocycles. The molecule has 0 aliphatic heterocycles. The van der Waals surface area contributed by atoms with Crippen LogP contribution in [-0.4, -0.2) is 10.9 Å². The molecule has 1 aliphatic rings. The number of aliphatic hydroxyl groups excluding tert-OH is 1. The second kappa shape index (κ2) is 7.57. The maximum Gasteiger partial charge on any atom is 0.0920 e. The molecule has 1 atom stereocenters. The SMILES string of the molecule is N#CCC(O)c1cccc(SCC2CCCCC2)c1. The fourth-order valence-electron chi connectivity index (χ4n) is 2.58. The maximum absolute atomic E-state index is 9.83. The quantitative estimate of drug-likeness (QED) is 0.814.